The number of para-hydroxylation sites is 1. The summed E-state index contributed by atoms with van der Waals surface area (Å²) in [4.78, 5) is 8.83. The van der Waals surface area contributed by atoms with Crippen LogP contribution in [-0.2, 0) is 12.0 Å². The summed E-state index contributed by atoms with van der Waals surface area (Å²) in [7, 11) is 0. The normalized spacial score (nSPS) is 11.5. The minimum Gasteiger partial charge on any atom is -0.473 e. The van der Waals surface area contributed by atoms with Crippen LogP contribution < -0.4 is 4.74 Å². The molecule has 2 heterocycles. The number of ether oxygens (including phenoxy) is 1. The molecule has 0 N–H and O–H groups in total. The fraction of sp³-hybridized carbons (Fsp3) is 0.161. The van der Waals surface area contributed by atoms with E-state index in [1.807, 2.05) is 42.7 Å². The number of benzene rings is 3. The molecule has 5 rings (SSSR count). The maximum atomic E-state index is 5.98. The molecule has 3 nitrogen and oxygen atoms in total. The minimum atomic E-state index is 0.0231. The second-order valence-corrected chi connectivity index (χ2v) is 9.54. The number of nitrogens with zero attached hydrogens (tertiary/aromatic N) is 2. The van der Waals surface area contributed by atoms with Crippen molar-refractivity contribution >= 4 is 10.9 Å². The lowest BCUT2D eigenvalue weighted by atomic mass is 9.79. The van der Waals surface area contributed by atoms with Gasteiger partial charge in [-0.15, -0.1) is 0 Å². The van der Waals surface area contributed by atoms with Crippen LogP contribution in [0.15, 0.2) is 103 Å². The predicted octanol–water partition coefficient (Wildman–Crippen LogP) is 7.84. The molecule has 0 saturated heterocycles. The third-order valence-electron chi connectivity index (χ3n) is 6.07. The zero-order valence-corrected chi connectivity index (χ0v) is 19.8. The van der Waals surface area contributed by atoms with Gasteiger partial charge in [0.15, 0.2) is 0 Å². The Hall–Kier alpha value is -3.98. The quantitative estimate of drug-likeness (QED) is 0.277. The van der Waals surface area contributed by atoms with E-state index in [0.29, 0.717) is 12.5 Å². The SMILES string of the molecule is CC(C)(C)c1cccc(-c2ccc(COc3ccc4ccccc4n3)cc2)c1-c1ccncc1. The van der Waals surface area contributed by atoms with E-state index in [1.54, 1.807) is 0 Å². The molecule has 0 aliphatic carbocycles. The third-order valence-corrected chi connectivity index (χ3v) is 6.07. The Labute approximate surface area is 201 Å². The van der Waals surface area contributed by atoms with Crippen LogP contribution in [-0.4, -0.2) is 9.97 Å². The summed E-state index contributed by atoms with van der Waals surface area (Å²) in [5, 5.41) is 1.11. The maximum Gasteiger partial charge on any atom is 0.214 e. The number of hydrogen-bond acceptors (Lipinski definition) is 3. The van der Waals surface area contributed by atoms with Crippen molar-refractivity contribution in [3.8, 4) is 28.1 Å². The highest BCUT2D eigenvalue weighted by Gasteiger charge is 2.21. The van der Waals surface area contributed by atoms with E-state index in [0.717, 1.165) is 16.5 Å². The molecule has 0 amide bonds. The Balaban J connectivity index is 1.43. The molecule has 0 fully saturated rings. The highest BCUT2D eigenvalue weighted by Crippen LogP contribution is 2.40. The zero-order valence-electron chi connectivity index (χ0n) is 19.8. The Bertz CT molecular complexity index is 1420. The average molecular weight is 445 g/mol. The maximum absolute atomic E-state index is 5.98. The average Bonchev–Trinajstić information content (AvgIpc) is 2.87. The molecule has 0 aliphatic rings. The molecule has 0 atom stereocenters. The van der Waals surface area contributed by atoms with Crippen molar-refractivity contribution in [2.24, 2.45) is 0 Å². The zero-order chi connectivity index (χ0) is 23.5. The molecule has 5 aromatic rings. The smallest absolute Gasteiger partial charge is 0.214 e. The van der Waals surface area contributed by atoms with E-state index in [2.05, 4.69) is 91.4 Å². The van der Waals surface area contributed by atoms with Crippen LogP contribution in [0.4, 0.5) is 0 Å². The van der Waals surface area contributed by atoms with Gasteiger partial charge < -0.3 is 4.74 Å². The summed E-state index contributed by atoms with van der Waals surface area (Å²) < 4.78 is 5.98. The van der Waals surface area contributed by atoms with Crippen molar-refractivity contribution < 1.29 is 4.74 Å². The van der Waals surface area contributed by atoms with Gasteiger partial charge in [0.1, 0.15) is 6.61 Å². The molecule has 0 unspecified atom stereocenters. The highest BCUT2D eigenvalue weighted by atomic mass is 16.5. The van der Waals surface area contributed by atoms with Crippen molar-refractivity contribution in [1.82, 2.24) is 9.97 Å². The van der Waals surface area contributed by atoms with Gasteiger partial charge in [0.05, 0.1) is 5.52 Å². The first-order valence-corrected chi connectivity index (χ1v) is 11.6. The van der Waals surface area contributed by atoms with Gasteiger partial charge in [-0.05, 0) is 63.1 Å². The molecule has 0 spiro atoms. The second kappa shape index (κ2) is 9.11. The monoisotopic (exact) mass is 444 g/mol. The molecule has 2 aromatic heterocycles. The van der Waals surface area contributed by atoms with Crippen LogP contribution >= 0.6 is 0 Å². The molecule has 3 aromatic carbocycles. The molecule has 3 heteroatoms. The summed E-state index contributed by atoms with van der Waals surface area (Å²) in [6.45, 7) is 7.26. The number of hydrogen-bond donors (Lipinski definition) is 0. The topological polar surface area (TPSA) is 35.0 Å². The van der Waals surface area contributed by atoms with Crippen LogP contribution in [0.2, 0.25) is 0 Å². The van der Waals surface area contributed by atoms with E-state index < -0.39 is 0 Å². The van der Waals surface area contributed by atoms with Crippen LogP contribution in [0.25, 0.3) is 33.2 Å². The van der Waals surface area contributed by atoms with Crippen molar-refractivity contribution in [2.45, 2.75) is 32.8 Å². The molecule has 168 valence electrons. The van der Waals surface area contributed by atoms with E-state index >= 15 is 0 Å². The Morgan fingerprint density at radius 2 is 1.47 bits per heavy atom. The molecule has 0 bridgehead atoms. The first-order chi connectivity index (χ1) is 16.5. The van der Waals surface area contributed by atoms with Gasteiger partial charge in [0.25, 0.3) is 0 Å². The van der Waals surface area contributed by atoms with Crippen LogP contribution in [0.3, 0.4) is 0 Å². The molecular weight excluding hydrogens is 416 g/mol. The Kier molecular flexibility index (Phi) is 5.85. The summed E-state index contributed by atoms with van der Waals surface area (Å²) in [6, 6.07) is 31.4. The summed E-state index contributed by atoms with van der Waals surface area (Å²) >= 11 is 0. The van der Waals surface area contributed by atoms with Crippen molar-refractivity contribution in [3.05, 3.63) is 115 Å². The largest absolute Gasteiger partial charge is 0.473 e. The highest BCUT2D eigenvalue weighted by molar-refractivity contribution is 5.86. The van der Waals surface area contributed by atoms with E-state index in [-0.39, 0.29) is 5.41 Å². The molecular formula is C31H28N2O. The minimum absolute atomic E-state index is 0.0231. The molecule has 0 saturated carbocycles. The van der Waals surface area contributed by atoms with Gasteiger partial charge in [0.2, 0.25) is 5.88 Å². The van der Waals surface area contributed by atoms with E-state index in [1.165, 1.54) is 27.8 Å². The molecule has 0 aliphatic heterocycles. The summed E-state index contributed by atoms with van der Waals surface area (Å²) in [6.07, 6.45) is 3.72. The van der Waals surface area contributed by atoms with Gasteiger partial charge in [-0.25, -0.2) is 4.98 Å². The number of rotatable bonds is 5. The molecule has 0 radical (unpaired) electrons. The van der Waals surface area contributed by atoms with Gasteiger partial charge in [-0.2, -0.15) is 0 Å². The summed E-state index contributed by atoms with van der Waals surface area (Å²) in [5.74, 6) is 0.639. The van der Waals surface area contributed by atoms with Crippen LogP contribution in [0.1, 0.15) is 31.9 Å². The second-order valence-electron chi connectivity index (χ2n) is 9.54. The number of fused-ring (bicyclic) bond motifs is 1. The van der Waals surface area contributed by atoms with Gasteiger partial charge in [-0.3, -0.25) is 4.98 Å². The van der Waals surface area contributed by atoms with Crippen molar-refractivity contribution in [1.29, 1.82) is 0 Å². The van der Waals surface area contributed by atoms with Crippen molar-refractivity contribution in [2.75, 3.05) is 0 Å². The number of pyridine rings is 2. The van der Waals surface area contributed by atoms with E-state index in [4.69, 9.17) is 4.74 Å². The summed E-state index contributed by atoms with van der Waals surface area (Å²) in [5.41, 5.74) is 8.26. The molecule has 34 heavy (non-hydrogen) atoms. The van der Waals surface area contributed by atoms with Crippen LogP contribution in [0.5, 0.6) is 5.88 Å². The fourth-order valence-electron chi connectivity index (χ4n) is 4.31. The lowest BCUT2D eigenvalue weighted by molar-refractivity contribution is 0.295. The first-order valence-electron chi connectivity index (χ1n) is 11.6. The van der Waals surface area contributed by atoms with Gasteiger partial charge in [0, 0.05) is 23.8 Å². The Morgan fingerprint density at radius 3 is 2.24 bits per heavy atom. The lowest BCUT2D eigenvalue weighted by Gasteiger charge is -2.25. The predicted molar refractivity (Wildman–Crippen MR) is 140 cm³/mol. The third kappa shape index (κ3) is 4.55. The Morgan fingerprint density at radius 1 is 0.706 bits per heavy atom. The van der Waals surface area contributed by atoms with Gasteiger partial charge in [-0.1, -0.05) is 81.4 Å². The lowest BCUT2D eigenvalue weighted by Crippen LogP contribution is -2.13. The fourth-order valence-corrected chi connectivity index (χ4v) is 4.31. The van der Waals surface area contributed by atoms with Gasteiger partial charge >= 0.3 is 0 Å². The standard InChI is InChI=1S/C31H28N2O/c1-31(2,3)27-9-6-8-26(30(27)25-17-19-32-20-18-25)23-13-11-22(12-14-23)21-34-29-16-15-24-7-4-5-10-28(24)33-29/h4-20H,21H2,1-3H3. The first kappa shape index (κ1) is 21.8. The van der Waals surface area contributed by atoms with Crippen molar-refractivity contribution in [3.63, 3.8) is 0 Å². The van der Waals surface area contributed by atoms with E-state index in [9.17, 15) is 0 Å². The number of aromatic nitrogens is 2. The van der Waals surface area contributed by atoms with Crippen LogP contribution in [0, 0.1) is 0 Å².